The summed E-state index contributed by atoms with van der Waals surface area (Å²) >= 11 is 2.06. The van der Waals surface area contributed by atoms with E-state index in [1.807, 2.05) is 6.92 Å². The lowest BCUT2D eigenvalue weighted by atomic mass is 10.2. The van der Waals surface area contributed by atoms with E-state index in [2.05, 4.69) is 27.9 Å². The maximum Gasteiger partial charge on any atom is 0.270 e. The summed E-state index contributed by atoms with van der Waals surface area (Å²) in [5.41, 5.74) is 0.961. The minimum absolute atomic E-state index is 0.0907. The second-order valence-corrected chi connectivity index (χ2v) is 6.91. The van der Waals surface area contributed by atoms with Crippen LogP contribution in [0.15, 0.2) is 18.2 Å². The Balaban J connectivity index is 2.58. The number of hydrogen-bond acceptors (Lipinski definition) is 4. The van der Waals surface area contributed by atoms with Crippen LogP contribution in [-0.4, -0.2) is 27.2 Å². The first-order chi connectivity index (χ1) is 8.41. The number of nitrogens with zero attached hydrogens (tertiary/aromatic N) is 1. The van der Waals surface area contributed by atoms with Crippen LogP contribution in [0.25, 0.3) is 0 Å². The van der Waals surface area contributed by atoms with Gasteiger partial charge in [-0.05, 0) is 35.1 Å². The number of nitro groups is 1. The highest BCUT2D eigenvalue weighted by molar-refractivity contribution is 14.1. The fourth-order valence-corrected chi connectivity index (χ4v) is 2.48. The summed E-state index contributed by atoms with van der Waals surface area (Å²) in [6, 6.07) is 4.71. The second kappa shape index (κ2) is 7.03. The molecule has 0 amide bonds. The van der Waals surface area contributed by atoms with E-state index in [1.54, 1.807) is 12.3 Å². The number of non-ortho nitro benzene ring substituents is 1. The average molecular weight is 382 g/mol. The van der Waals surface area contributed by atoms with Gasteiger partial charge in [-0.2, -0.15) is 0 Å². The molecule has 1 aromatic rings. The van der Waals surface area contributed by atoms with Crippen molar-refractivity contribution in [3.63, 3.8) is 0 Å². The van der Waals surface area contributed by atoms with E-state index >= 15 is 0 Å². The second-order valence-electron chi connectivity index (χ2n) is 3.95. The molecule has 1 aromatic carbocycles. The fraction of sp³-hybridized carbons (Fsp3) is 0.455. The number of benzene rings is 1. The Morgan fingerprint density at radius 1 is 1.56 bits per heavy atom. The van der Waals surface area contributed by atoms with Crippen molar-refractivity contribution in [3.05, 3.63) is 31.9 Å². The summed E-state index contributed by atoms with van der Waals surface area (Å²) in [5, 5.41) is 13.9. The maximum absolute atomic E-state index is 11.2. The van der Waals surface area contributed by atoms with Gasteiger partial charge >= 0.3 is 0 Å². The molecule has 18 heavy (non-hydrogen) atoms. The number of hydrogen-bond donors (Lipinski definition) is 1. The molecular weight excluding hydrogens is 367 g/mol. The number of rotatable bonds is 6. The van der Waals surface area contributed by atoms with Crippen LogP contribution in [0, 0.1) is 13.7 Å². The molecule has 1 rings (SSSR count). The Bertz CT molecular complexity index is 468. The Kier molecular flexibility index (Phi) is 6.00. The minimum Gasteiger partial charge on any atom is -0.384 e. The molecule has 0 saturated carbocycles. The van der Waals surface area contributed by atoms with E-state index in [4.69, 9.17) is 0 Å². The molecule has 2 unspecified atom stereocenters. The monoisotopic (exact) mass is 382 g/mol. The van der Waals surface area contributed by atoms with Crippen molar-refractivity contribution in [2.75, 3.05) is 18.1 Å². The molecular formula is C11H15IN2O3S. The van der Waals surface area contributed by atoms with Gasteiger partial charge in [-0.15, -0.1) is 0 Å². The fourth-order valence-electron chi connectivity index (χ4n) is 1.34. The van der Waals surface area contributed by atoms with Crippen LogP contribution < -0.4 is 5.32 Å². The molecule has 0 spiro atoms. The van der Waals surface area contributed by atoms with Gasteiger partial charge in [-0.1, -0.05) is 6.92 Å². The van der Waals surface area contributed by atoms with Crippen LogP contribution in [0.5, 0.6) is 0 Å². The molecule has 0 heterocycles. The molecule has 0 radical (unpaired) electrons. The number of nitrogens with one attached hydrogen (secondary N) is 1. The predicted octanol–water partition coefficient (Wildman–Crippen LogP) is 2.77. The summed E-state index contributed by atoms with van der Waals surface area (Å²) in [6.45, 7) is 2.65. The van der Waals surface area contributed by atoms with E-state index < -0.39 is 15.7 Å². The normalized spacial score (nSPS) is 13.9. The van der Waals surface area contributed by atoms with Crippen molar-refractivity contribution in [3.8, 4) is 0 Å². The Labute approximate surface area is 122 Å². The highest BCUT2D eigenvalue weighted by atomic mass is 127. The molecule has 0 bridgehead atoms. The van der Waals surface area contributed by atoms with E-state index in [0.717, 1.165) is 15.7 Å². The van der Waals surface area contributed by atoms with Gasteiger partial charge < -0.3 is 5.32 Å². The highest BCUT2D eigenvalue weighted by Gasteiger charge is 2.09. The van der Waals surface area contributed by atoms with Crippen molar-refractivity contribution in [1.29, 1.82) is 0 Å². The summed E-state index contributed by atoms with van der Waals surface area (Å²) in [5.74, 6) is 0. The number of nitro benzene ring substituents is 1. The zero-order valence-corrected chi connectivity index (χ0v) is 13.2. The molecule has 0 saturated heterocycles. The summed E-state index contributed by atoms with van der Waals surface area (Å²) < 4.78 is 12.0. The number of halogens is 1. The van der Waals surface area contributed by atoms with Gasteiger partial charge in [0.15, 0.2) is 0 Å². The Hall–Kier alpha value is -0.700. The molecule has 0 aliphatic carbocycles. The van der Waals surface area contributed by atoms with Crippen LogP contribution >= 0.6 is 22.6 Å². The molecule has 2 atom stereocenters. The van der Waals surface area contributed by atoms with Gasteiger partial charge in [0.2, 0.25) is 0 Å². The summed E-state index contributed by atoms with van der Waals surface area (Å²) in [6.07, 6.45) is 2.50. The first-order valence-electron chi connectivity index (χ1n) is 5.42. The lowest BCUT2D eigenvalue weighted by Crippen LogP contribution is -2.15. The number of anilines is 1. The molecule has 7 heteroatoms. The van der Waals surface area contributed by atoms with E-state index in [1.165, 1.54) is 12.1 Å². The third-order valence-corrected chi connectivity index (χ3v) is 4.86. The predicted molar refractivity (Wildman–Crippen MR) is 82.4 cm³/mol. The third-order valence-electron chi connectivity index (χ3n) is 2.60. The highest BCUT2D eigenvalue weighted by Crippen LogP contribution is 2.23. The Morgan fingerprint density at radius 3 is 2.72 bits per heavy atom. The quantitative estimate of drug-likeness (QED) is 0.467. The smallest absolute Gasteiger partial charge is 0.270 e. The zero-order chi connectivity index (χ0) is 13.7. The topological polar surface area (TPSA) is 72.2 Å². The van der Waals surface area contributed by atoms with Crippen molar-refractivity contribution < 1.29 is 9.13 Å². The van der Waals surface area contributed by atoms with Gasteiger partial charge in [-0.3, -0.25) is 14.3 Å². The first kappa shape index (κ1) is 15.4. The molecule has 100 valence electrons. The minimum atomic E-state index is -0.815. The molecule has 0 aromatic heterocycles. The van der Waals surface area contributed by atoms with Crippen molar-refractivity contribution in [2.24, 2.45) is 0 Å². The van der Waals surface area contributed by atoms with Crippen molar-refractivity contribution in [2.45, 2.75) is 18.6 Å². The van der Waals surface area contributed by atoms with E-state index in [-0.39, 0.29) is 10.9 Å². The molecule has 0 aliphatic heterocycles. The van der Waals surface area contributed by atoms with Gasteiger partial charge in [-0.25, -0.2) is 0 Å². The average Bonchev–Trinajstić information content (AvgIpc) is 2.30. The summed E-state index contributed by atoms with van der Waals surface area (Å²) in [7, 11) is -0.815. The standard InChI is InChI=1S/C11H15IN2O3S/c1-8(18(2)17)5-6-13-11-4-3-9(14(15)16)7-10(11)12/h3-4,7-8,13H,5-6H2,1-2H3. The largest absolute Gasteiger partial charge is 0.384 e. The lowest BCUT2D eigenvalue weighted by Gasteiger charge is -2.11. The molecule has 0 fully saturated rings. The van der Waals surface area contributed by atoms with Gasteiger partial charge in [0.05, 0.1) is 4.92 Å². The van der Waals surface area contributed by atoms with Gasteiger partial charge in [0.1, 0.15) is 0 Å². The maximum atomic E-state index is 11.2. The third kappa shape index (κ3) is 4.52. The summed E-state index contributed by atoms with van der Waals surface area (Å²) in [4.78, 5) is 10.2. The van der Waals surface area contributed by atoms with E-state index in [0.29, 0.717) is 6.54 Å². The van der Waals surface area contributed by atoms with Gasteiger partial charge in [0, 0.05) is 50.2 Å². The van der Waals surface area contributed by atoms with Crippen LogP contribution in [0.1, 0.15) is 13.3 Å². The Morgan fingerprint density at radius 2 is 2.22 bits per heavy atom. The van der Waals surface area contributed by atoms with Gasteiger partial charge in [0.25, 0.3) is 5.69 Å². The molecule has 1 N–H and O–H groups in total. The molecule has 5 nitrogen and oxygen atoms in total. The SMILES string of the molecule is CC(CCNc1ccc([N+](=O)[O-])cc1I)S(C)=O. The molecule has 0 aliphatic rings. The van der Waals surface area contributed by atoms with Crippen molar-refractivity contribution >= 4 is 44.8 Å². The van der Waals surface area contributed by atoms with Crippen LogP contribution in [-0.2, 0) is 10.8 Å². The van der Waals surface area contributed by atoms with Crippen molar-refractivity contribution in [1.82, 2.24) is 0 Å². The van der Waals surface area contributed by atoms with E-state index in [9.17, 15) is 14.3 Å². The zero-order valence-electron chi connectivity index (χ0n) is 10.2. The van der Waals surface area contributed by atoms with Crippen LogP contribution in [0.3, 0.4) is 0 Å². The lowest BCUT2D eigenvalue weighted by molar-refractivity contribution is -0.384. The first-order valence-corrected chi connectivity index (χ1v) is 8.12. The van der Waals surface area contributed by atoms with Crippen LogP contribution in [0.4, 0.5) is 11.4 Å². The van der Waals surface area contributed by atoms with Crippen LogP contribution in [0.2, 0.25) is 0 Å².